The predicted molar refractivity (Wildman–Crippen MR) is 97.7 cm³/mol. The van der Waals surface area contributed by atoms with E-state index in [0.717, 1.165) is 34.3 Å². The Kier molecular flexibility index (Phi) is 4.24. The second kappa shape index (κ2) is 6.53. The average molecular weight is 355 g/mol. The third kappa shape index (κ3) is 3.03. The number of benzene rings is 1. The number of hydrogen-bond acceptors (Lipinski definition) is 5. The number of ketones is 1. The molecule has 0 spiro atoms. The lowest BCUT2D eigenvalue weighted by atomic mass is 10.1. The predicted octanol–water partition coefficient (Wildman–Crippen LogP) is 4.71. The van der Waals surface area contributed by atoms with Crippen LogP contribution in [-0.2, 0) is 0 Å². The van der Waals surface area contributed by atoms with Crippen LogP contribution in [0, 0.1) is 0 Å². The Morgan fingerprint density at radius 2 is 2.00 bits per heavy atom. The molecule has 0 amide bonds. The molecule has 1 saturated carbocycles. The highest BCUT2D eigenvalue weighted by molar-refractivity contribution is 8.00. The van der Waals surface area contributed by atoms with Gasteiger partial charge in [-0.05, 0) is 31.2 Å². The summed E-state index contributed by atoms with van der Waals surface area (Å²) in [5.41, 5.74) is 0.744. The lowest BCUT2D eigenvalue weighted by molar-refractivity contribution is 0.0994. The summed E-state index contributed by atoms with van der Waals surface area (Å²) in [4.78, 5) is 13.7. The third-order valence-electron chi connectivity index (χ3n) is 4.03. The maximum Gasteiger partial charge on any atom is 0.192 e. The molecule has 1 aliphatic carbocycles. The van der Waals surface area contributed by atoms with Gasteiger partial charge in [0.25, 0.3) is 0 Å². The first-order valence-electron chi connectivity index (χ1n) is 7.98. The Hall–Kier alpha value is -1.92. The molecule has 0 aliphatic heterocycles. The van der Waals surface area contributed by atoms with Crippen LogP contribution in [0.25, 0.3) is 10.7 Å². The van der Waals surface area contributed by atoms with Crippen LogP contribution in [0.3, 0.4) is 0 Å². The van der Waals surface area contributed by atoms with E-state index in [9.17, 15) is 4.79 Å². The summed E-state index contributed by atoms with van der Waals surface area (Å²) in [5.74, 6) is 1.05. The van der Waals surface area contributed by atoms with Crippen molar-refractivity contribution in [3.05, 3.63) is 53.4 Å². The highest BCUT2D eigenvalue weighted by Gasteiger charge is 2.31. The summed E-state index contributed by atoms with van der Waals surface area (Å²) in [5, 5.41) is 11.5. The fraction of sp³-hybridized carbons (Fsp3) is 0.278. The van der Waals surface area contributed by atoms with Gasteiger partial charge in [0.05, 0.1) is 10.1 Å². The van der Waals surface area contributed by atoms with Gasteiger partial charge in [0.1, 0.15) is 0 Å². The molecule has 1 atom stereocenters. The number of hydrogen-bond donors (Lipinski definition) is 0. The van der Waals surface area contributed by atoms with E-state index in [1.54, 1.807) is 11.3 Å². The number of thioether (sulfide) groups is 1. The van der Waals surface area contributed by atoms with E-state index in [4.69, 9.17) is 0 Å². The molecule has 0 radical (unpaired) electrons. The van der Waals surface area contributed by atoms with E-state index in [-0.39, 0.29) is 11.0 Å². The molecule has 0 saturated heterocycles. The molecule has 0 bridgehead atoms. The summed E-state index contributed by atoms with van der Waals surface area (Å²) >= 11 is 3.18. The zero-order valence-corrected chi connectivity index (χ0v) is 14.9. The van der Waals surface area contributed by atoms with Gasteiger partial charge in [-0.3, -0.25) is 9.36 Å². The largest absolute Gasteiger partial charge is 0.298 e. The molecule has 4 rings (SSSR count). The van der Waals surface area contributed by atoms with Crippen molar-refractivity contribution in [3.63, 3.8) is 0 Å². The molecule has 2 heterocycles. The summed E-state index contributed by atoms with van der Waals surface area (Å²) < 4.78 is 2.21. The van der Waals surface area contributed by atoms with Crippen molar-refractivity contribution in [3.8, 4) is 10.7 Å². The molecule has 0 N–H and O–H groups in total. The van der Waals surface area contributed by atoms with Crippen molar-refractivity contribution in [2.45, 2.75) is 36.2 Å². The van der Waals surface area contributed by atoms with E-state index in [1.807, 2.05) is 43.3 Å². The molecule has 24 heavy (non-hydrogen) atoms. The minimum Gasteiger partial charge on any atom is -0.298 e. The number of carbonyl (C=O) groups excluding carboxylic acids is 1. The van der Waals surface area contributed by atoms with Gasteiger partial charge < -0.3 is 0 Å². The van der Waals surface area contributed by atoms with Gasteiger partial charge in [0, 0.05) is 11.6 Å². The average Bonchev–Trinajstić information content (AvgIpc) is 3.14. The first-order chi connectivity index (χ1) is 11.7. The van der Waals surface area contributed by atoms with Gasteiger partial charge in [-0.15, -0.1) is 21.5 Å². The second-order valence-electron chi connectivity index (χ2n) is 5.88. The highest BCUT2D eigenvalue weighted by atomic mass is 32.2. The topological polar surface area (TPSA) is 47.8 Å². The van der Waals surface area contributed by atoms with Crippen LogP contribution in [0.2, 0.25) is 0 Å². The molecule has 4 nitrogen and oxygen atoms in total. The molecule has 122 valence electrons. The zero-order valence-electron chi connectivity index (χ0n) is 13.3. The van der Waals surface area contributed by atoms with E-state index >= 15 is 0 Å². The van der Waals surface area contributed by atoms with Crippen LogP contribution in [0.5, 0.6) is 0 Å². The van der Waals surface area contributed by atoms with E-state index in [0.29, 0.717) is 6.04 Å². The highest BCUT2D eigenvalue weighted by Crippen LogP contribution is 2.42. The van der Waals surface area contributed by atoms with Gasteiger partial charge in [-0.25, -0.2) is 0 Å². The molecule has 1 fully saturated rings. The lowest BCUT2D eigenvalue weighted by Gasteiger charge is -2.12. The Morgan fingerprint density at radius 1 is 1.21 bits per heavy atom. The fourth-order valence-electron chi connectivity index (χ4n) is 2.64. The quantitative estimate of drug-likeness (QED) is 0.475. The molecule has 1 unspecified atom stereocenters. The van der Waals surface area contributed by atoms with Gasteiger partial charge in [-0.2, -0.15) is 0 Å². The van der Waals surface area contributed by atoms with Gasteiger partial charge >= 0.3 is 0 Å². The number of thiophene rings is 1. The lowest BCUT2D eigenvalue weighted by Crippen LogP contribution is -2.14. The Balaban J connectivity index is 1.60. The summed E-state index contributed by atoms with van der Waals surface area (Å²) in [7, 11) is 0. The van der Waals surface area contributed by atoms with Gasteiger partial charge in [0.15, 0.2) is 16.8 Å². The first kappa shape index (κ1) is 15.6. The van der Waals surface area contributed by atoms with E-state index in [1.165, 1.54) is 11.8 Å². The number of Topliss-reactive ketones (excluding diaryl/α,β-unsaturated/α-hetero) is 1. The summed E-state index contributed by atoms with van der Waals surface area (Å²) in [6.45, 7) is 1.94. The van der Waals surface area contributed by atoms with Crippen molar-refractivity contribution in [2.75, 3.05) is 0 Å². The molecule has 6 heteroatoms. The molecular formula is C18H17N3OS2. The summed E-state index contributed by atoms with van der Waals surface area (Å²) in [6, 6.07) is 14.0. The maximum absolute atomic E-state index is 12.6. The normalized spacial score (nSPS) is 15.4. The minimum absolute atomic E-state index is 0.128. The number of nitrogens with zero attached hydrogens (tertiary/aromatic N) is 3. The van der Waals surface area contributed by atoms with Crippen LogP contribution in [-0.4, -0.2) is 25.8 Å². The Bertz CT molecular complexity index is 839. The van der Waals surface area contributed by atoms with Crippen molar-refractivity contribution in [1.82, 2.24) is 14.8 Å². The Labute approximate surface area is 148 Å². The number of aromatic nitrogens is 3. The van der Waals surface area contributed by atoms with Crippen molar-refractivity contribution >= 4 is 28.9 Å². The van der Waals surface area contributed by atoms with Crippen LogP contribution < -0.4 is 0 Å². The van der Waals surface area contributed by atoms with Gasteiger partial charge in [-0.1, -0.05) is 48.2 Å². The second-order valence-corrected chi connectivity index (χ2v) is 8.13. The molecular weight excluding hydrogens is 338 g/mol. The number of rotatable bonds is 6. The van der Waals surface area contributed by atoms with Crippen LogP contribution >= 0.6 is 23.1 Å². The van der Waals surface area contributed by atoms with Crippen LogP contribution in [0.4, 0.5) is 0 Å². The minimum atomic E-state index is -0.190. The SMILES string of the molecule is CC(Sc1nnc(-c2cccs2)n1C1CC1)C(=O)c1ccccc1. The number of carbonyl (C=O) groups is 1. The van der Waals surface area contributed by atoms with Crippen molar-refractivity contribution in [1.29, 1.82) is 0 Å². The smallest absolute Gasteiger partial charge is 0.192 e. The fourth-order valence-corrected chi connectivity index (χ4v) is 4.34. The summed E-state index contributed by atoms with van der Waals surface area (Å²) in [6.07, 6.45) is 2.32. The zero-order chi connectivity index (χ0) is 16.5. The van der Waals surface area contributed by atoms with E-state index < -0.39 is 0 Å². The van der Waals surface area contributed by atoms with Gasteiger partial charge in [0.2, 0.25) is 0 Å². The molecule has 1 aromatic carbocycles. The van der Waals surface area contributed by atoms with Crippen molar-refractivity contribution in [2.24, 2.45) is 0 Å². The standard InChI is InChI=1S/C18H17N3OS2/c1-12(16(22)13-6-3-2-4-7-13)24-18-20-19-17(15-8-5-11-23-15)21(18)14-9-10-14/h2-8,11-12,14H,9-10H2,1H3. The molecule has 2 aromatic heterocycles. The molecule has 3 aromatic rings. The van der Waals surface area contributed by atoms with Crippen LogP contribution in [0.1, 0.15) is 36.2 Å². The maximum atomic E-state index is 12.6. The molecule has 1 aliphatic rings. The Morgan fingerprint density at radius 3 is 2.67 bits per heavy atom. The first-order valence-corrected chi connectivity index (χ1v) is 9.74. The van der Waals surface area contributed by atoms with E-state index in [2.05, 4.69) is 26.2 Å². The van der Waals surface area contributed by atoms with Crippen LogP contribution in [0.15, 0.2) is 53.0 Å². The monoisotopic (exact) mass is 355 g/mol. The third-order valence-corrected chi connectivity index (χ3v) is 5.95. The van der Waals surface area contributed by atoms with Crippen molar-refractivity contribution < 1.29 is 4.79 Å².